The SMILES string of the molecule is CC1CN(c2cncc(OCc3ccc(C#N)cc3F)n2)CCN1Cc1nc2ccc(C(=O)O)cc2n1CC1CCO1. The first-order valence-corrected chi connectivity index (χ1v) is 13.8. The van der Waals surface area contributed by atoms with Crippen LogP contribution >= 0.6 is 0 Å². The van der Waals surface area contributed by atoms with Crippen LogP contribution in [-0.4, -0.2) is 73.9 Å². The Hall–Kier alpha value is -4.60. The van der Waals surface area contributed by atoms with Crippen LogP contribution in [0.1, 0.15) is 40.7 Å². The molecule has 42 heavy (non-hydrogen) atoms. The number of aromatic carboxylic acids is 1. The van der Waals surface area contributed by atoms with E-state index < -0.39 is 11.8 Å². The van der Waals surface area contributed by atoms with Crippen LogP contribution < -0.4 is 9.64 Å². The number of imidazole rings is 1. The standard InChI is InChI=1S/C30H30FN7O4/c1-19-15-37(27-13-33-14-29(35-27)42-18-22-3-2-20(12-32)10-24(22)31)8-7-36(19)17-28-34-25-5-4-21(30(39)40)11-26(25)38(28)16-23-6-9-41-23/h2-5,10-11,13-14,19,23H,6-9,15-18H2,1H3,(H,39,40). The zero-order valence-electron chi connectivity index (χ0n) is 23.1. The van der Waals surface area contributed by atoms with Crippen LogP contribution in [0.25, 0.3) is 11.0 Å². The van der Waals surface area contributed by atoms with E-state index in [9.17, 15) is 14.3 Å². The maximum Gasteiger partial charge on any atom is 0.335 e. The molecule has 216 valence electrons. The number of hydrogen-bond donors (Lipinski definition) is 1. The molecule has 2 aromatic carbocycles. The van der Waals surface area contributed by atoms with Gasteiger partial charge in [0, 0.05) is 37.8 Å². The molecule has 0 amide bonds. The lowest BCUT2D eigenvalue weighted by atomic mass is 10.1. The van der Waals surface area contributed by atoms with Crippen molar-refractivity contribution in [3.8, 4) is 11.9 Å². The number of fused-ring (bicyclic) bond motifs is 1. The Labute approximate surface area is 241 Å². The first kappa shape index (κ1) is 27.6. The van der Waals surface area contributed by atoms with Gasteiger partial charge in [0.1, 0.15) is 18.2 Å². The van der Waals surface area contributed by atoms with Crippen LogP contribution in [0.15, 0.2) is 48.8 Å². The van der Waals surface area contributed by atoms with Crippen LogP contribution in [0.2, 0.25) is 0 Å². The fourth-order valence-corrected chi connectivity index (χ4v) is 5.33. The first-order chi connectivity index (χ1) is 20.4. The van der Waals surface area contributed by atoms with Gasteiger partial charge in [0.2, 0.25) is 5.88 Å². The van der Waals surface area contributed by atoms with Crippen molar-refractivity contribution in [2.24, 2.45) is 0 Å². The number of benzene rings is 2. The van der Waals surface area contributed by atoms with Crippen molar-refractivity contribution in [3.63, 3.8) is 0 Å². The summed E-state index contributed by atoms with van der Waals surface area (Å²) in [6.07, 6.45) is 4.26. The number of carboxylic acids is 1. The van der Waals surface area contributed by atoms with E-state index in [2.05, 4.69) is 31.3 Å². The fourth-order valence-electron chi connectivity index (χ4n) is 5.33. The molecule has 2 fully saturated rings. The molecule has 2 aliphatic heterocycles. The van der Waals surface area contributed by atoms with Crippen LogP contribution in [0.3, 0.4) is 0 Å². The van der Waals surface area contributed by atoms with Gasteiger partial charge in [-0.2, -0.15) is 10.2 Å². The molecule has 4 aromatic rings. The number of halogens is 1. The van der Waals surface area contributed by atoms with Crippen molar-refractivity contribution in [1.29, 1.82) is 5.26 Å². The second-order valence-corrected chi connectivity index (χ2v) is 10.6. The largest absolute Gasteiger partial charge is 0.478 e. The highest BCUT2D eigenvalue weighted by Crippen LogP contribution is 2.25. The van der Waals surface area contributed by atoms with E-state index in [1.807, 2.05) is 6.07 Å². The van der Waals surface area contributed by atoms with Crippen molar-refractivity contribution < 1.29 is 23.8 Å². The molecule has 12 heteroatoms. The van der Waals surface area contributed by atoms with Gasteiger partial charge in [0.15, 0.2) is 5.82 Å². The van der Waals surface area contributed by atoms with E-state index in [4.69, 9.17) is 19.7 Å². The molecular formula is C30H30FN7O4. The lowest BCUT2D eigenvalue weighted by molar-refractivity contribution is -0.0592. The van der Waals surface area contributed by atoms with E-state index in [0.717, 1.165) is 36.4 Å². The molecule has 0 saturated carbocycles. The molecule has 1 N–H and O–H groups in total. The van der Waals surface area contributed by atoms with Crippen molar-refractivity contribution in [2.45, 2.75) is 45.2 Å². The number of hydrogen-bond acceptors (Lipinski definition) is 9. The second kappa shape index (κ2) is 11.7. The summed E-state index contributed by atoms with van der Waals surface area (Å²) >= 11 is 0. The number of carbonyl (C=O) groups is 1. The fraction of sp³-hybridized carbons (Fsp3) is 0.367. The van der Waals surface area contributed by atoms with E-state index in [1.54, 1.807) is 30.5 Å². The van der Waals surface area contributed by atoms with Crippen LogP contribution in [0.4, 0.5) is 10.2 Å². The summed E-state index contributed by atoms with van der Waals surface area (Å²) in [5.74, 6) is 0.386. The van der Waals surface area contributed by atoms with Gasteiger partial charge in [-0.15, -0.1) is 0 Å². The molecule has 2 atom stereocenters. The predicted molar refractivity (Wildman–Crippen MR) is 151 cm³/mol. The average Bonchev–Trinajstić information content (AvgIpc) is 3.31. The third-order valence-electron chi connectivity index (χ3n) is 7.84. The maximum atomic E-state index is 14.2. The highest BCUT2D eigenvalue weighted by atomic mass is 19.1. The zero-order valence-corrected chi connectivity index (χ0v) is 23.1. The smallest absolute Gasteiger partial charge is 0.335 e. The Morgan fingerprint density at radius 3 is 2.79 bits per heavy atom. The molecule has 0 bridgehead atoms. The minimum atomic E-state index is -0.963. The van der Waals surface area contributed by atoms with Gasteiger partial charge in [-0.25, -0.2) is 14.2 Å². The van der Waals surface area contributed by atoms with E-state index in [1.165, 1.54) is 18.3 Å². The molecule has 2 saturated heterocycles. The predicted octanol–water partition coefficient (Wildman–Crippen LogP) is 3.61. The molecule has 2 aliphatic rings. The van der Waals surface area contributed by atoms with Crippen LogP contribution in [0.5, 0.6) is 5.88 Å². The van der Waals surface area contributed by atoms with Crippen molar-refractivity contribution in [2.75, 3.05) is 31.1 Å². The summed E-state index contributed by atoms with van der Waals surface area (Å²) in [6, 6.07) is 11.4. The minimum Gasteiger partial charge on any atom is -0.478 e. The number of nitrogens with zero attached hydrogens (tertiary/aromatic N) is 7. The maximum absolute atomic E-state index is 14.2. The van der Waals surface area contributed by atoms with Gasteiger partial charge in [-0.05, 0) is 43.7 Å². The second-order valence-electron chi connectivity index (χ2n) is 10.6. The summed E-state index contributed by atoms with van der Waals surface area (Å²) < 4.78 is 27.8. The summed E-state index contributed by atoms with van der Waals surface area (Å²) in [6.45, 7) is 6.29. The highest BCUT2D eigenvalue weighted by Gasteiger charge is 2.28. The topological polar surface area (TPSA) is 130 Å². The summed E-state index contributed by atoms with van der Waals surface area (Å²) in [5.41, 5.74) is 2.40. The third-order valence-corrected chi connectivity index (χ3v) is 7.84. The molecule has 2 aromatic heterocycles. The number of anilines is 1. The Bertz CT molecular complexity index is 1670. The van der Waals surface area contributed by atoms with Gasteiger partial charge < -0.3 is 24.0 Å². The monoisotopic (exact) mass is 571 g/mol. The first-order valence-electron chi connectivity index (χ1n) is 13.8. The Morgan fingerprint density at radius 2 is 2.07 bits per heavy atom. The van der Waals surface area contributed by atoms with Crippen LogP contribution in [-0.2, 0) is 24.4 Å². The lowest BCUT2D eigenvalue weighted by Gasteiger charge is -2.40. The number of nitriles is 1. The molecular weight excluding hydrogens is 541 g/mol. The Balaban J connectivity index is 1.13. The number of piperazine rings is 1. The van der Waals surface area contributed by atoms with Gasteiger partial charge >= 0.3 is 5.97 Å². The van der Waals surface area contributed by atoms with Crippen molar-refractivity contribution in [3.05, 3.63) is 77.1 Å². The summed E-state index contributed by atoms with van der Waals surface area (Å²) in [7, 11) is 0. The number of aromatic nitrogens is 4. The molecule has 4 heterocycles. The third kappa shape index (κ3) is 5.74. The summed E-state index contributed by atoms with van der Waals surface area (Å²) in [5, 5.41) is 18.4. The molecule has 0 aliphatic carbocycles. The minimum absolute atomic E-state index is 0.0271. The van der Waals surface area contributed by atoms with Gasteiger partial charge in [-0.3, -0.25) is 9.88 Å². The van der Waals surface area contributed by atoms with E-state index >= 15 is 0 Å². The Morgan fingerprint density at radius 1 is 1.21 bits per heavy atom. The molecule has 0 radical (unpaired) electrons. The molecule has 0 spiro atoms. The zero-order chi connectivity index (χ0) is 29.2. The van der Waals surface area contributed by atoms with E-state index in [-0.39, 0.29) is 29.9 Å². The van der Waals surface area contributed by atoms with Gasteiger partial charge in [0.25, 0.3) is 0 Å². The van der Waals surface area contributed by atoms with Gasteiger partial charge in [-0.1, -0.05) is 6.07 Å². The molecule has 11 nitrogen and oxygen atoms in total. The average molecular weight is 572 g/mol. The highest BCUT2D eigenvalue weighted by molar-refractivity contribution is 5.92. The van der Waals surface area contributed by atoms with E-state index in [0.29, 0.717) is 43.4 Å². The van der Waals surface area contributed by atoms with Crippen molar-refractivity contribution in [1.82, 2.24) is 24.4 Å². The van der Waals surface area contributed by atoms with Gasteiger partial charge in [0.05, 0.1) is 59.8 Å². The number of carboxylic acid groups (broad SMARTS) is 1. The number of ether oxygens (including phenoxy) is 2. The number of rotatable bonds is 9. The lowest BCUT2D eigenvalue weighted by Crippen LogP contribution is -2.52. The van der Waals surface area contributed by atoms with Crippen LogP contribution in [0, 0.1) is 17.1 Å². The molecule has 6 rings (SSSR count). The van der Waals surface area contributed by atoms with Crippen molar-refractivity contribution >= 4 is 22.8 Å². The summed E-state index contributed by atoms with van der Waals surface area (Å²) in [4.78, 5) is 29.9. The normalized spacial score (nSPS) is 18.9. The Kier molecular flexibility index (Phi) is 7.69. The molecule has 2 unspecified atom stereocenters. The quantitative estimate of drug-likeness (QED) is 0.318.